The van der Waals surface area contributed by atoms with Crippen LogP contribution < -0.4 is 10.6 Å². The van der Waals surface area contributed by atoms with Gasteiger partial charge in [-0.2, -0.15) is 5.10 Å². The number of nitrogens with zero attached hydrogens (tertiary/aromatic N) is 1. The molecular weight excluding hydrogens is 228 g/mol. The topological polar surface area (TPSA) is 69.8 Å². The van der Waals surface area contributed by atoms with Crippen LogP contribution in [0, 0.1) is 5.92 Å². The van der Waals surface area contributed by atoms with E-state index in [1.807, 2.05) is 32.0 Å². The van der Waals surface area contributed by atoms with Crippen LogP contribution in [0.1, 0.15) is 13.8 Å². The van der Waals surface area contributed by atoms with Gasteiger partial charge in [-0.3, -0.25) is 9.89 Å². The highest BCUT2D eigenvalue weighted by Crippen LogP contribution is 2.17. The average Bonchev–Trinajstić information content (AvgIpc) is 2.83. The van der Waals surface area contributed by atoms with Crippen LogP contribution in [0.15, 0.2) is 24.4 Å². The summed E-state index contributed by atoms with van der Waals surface area (Å²) in [6.45, 7) is 5.50. The maximum atomic E-state index is 11.9. The Kier molecular flexibility index (Phi) is 3.94. The van der Waals surface area contributed by atoms with Crippen molar-refractivity contribution in [3.63, 3.8) is 0 Å². The molecule has 1 heterocycles. The first-order chi connectivity index (χ1) is 8.70. The lowest BCUT2D eigenvalue weighted by molar-refractivity contribution is -0.119. The van der Waals surface area contributed by atoms with E-state index in [2.05, 4.69) is 20.8 Å². The predicted molar refractivity (Wildman–Crippen MR) is 72.4 cm³/mol. The van der Waals surface area contributed by atoms with Gasteiger partial charge in [-0.1, -0.05) is 13.8 Å². The lowest BCUT2D eigenvalue weighted by Crippen LogP contribution is -2.30. The summed E-state index contributed by atoms with van der Waals surface area (Å²) in [5.41, 5.74) is 1.77. The molecular formula is C13H18N4O. The van der Waals surface area contributed by atoms with E-state index in [-0.39, 0.29) is 11.8 Å². The van der Waals surface area contributed by atoms with E-state index in [9.17, 15) is 4.79 Å². The fourth-order valence-electron chi connectivity index (χ4n) is 1.74. The van der Waals surface area contributed by atoms with Crippen molar-refractivity contribution in [3.05, 3.63) is 24.4 Å². The number of rotatable bonds is 5. The maximum absolute atomic E-state index is 11.9. The van der Waals surface area contributed by atoms with Crippen molar-refractivity contribution in [2.45, 2.75) is 13.8 Å². The Morgan fingerprint density at radius 2 is 2.33 bits per heavy atom. The number of hydrogen-bond acceptors (Lipinski definition) is 3. The third-order valence-corrected chi connectivity index (χ3v) is 2.86. The third kappa shape index (κ3) is 2.87. The van der Waals surface area contributed by atoms with E-state index >= 15 is 0 Å². The van der Waals surface area contributed by atoms with E-state index in [4.69, 9.17) is 0 Å². The van der Waals surface area contributed by atoms with Crippen molar-refractivity contribution in [1.82, 2.24) is 15.5 Å². The van der Waals surface area contributed by atoms with Crippen molar-refractivity contribution in [3.8, 4) is 0 Å². The van der Waals surface area contributed by atoms with Crippen molar-refractivity contribution < 1.29 is 4.79 Å². The van der Waals surface area contributed by atoms with E-state index < -0.39 is 0 Å². The first kappa shape index (κ1) is 12.6. The smallest absolute Gasteiger partial charge is 0.228 e. The van der Waals surface area contributed by atoms with Gasteiger partial charge in [0.25, 0.3) is 0 Å². The minimum absolute atomic E-state index is 0.0267. The number of nitrogens with one attached hydrogen (secondary N) is 3. The Morgan fingerprint density at radius 1 is 1.50 bits per heavy atom. The maximum Gasteiger partial charge on any atom is 0.228 e. The number of anilines is 1. The molecule has 5 heteroatoms. The van der Waals surface area contributed by atoms with Crippen LogP contribution in [0.3, 0.4) is 0 Å². The monoisotopic (exact) mass is 246 g/mol. The number of H-pyrrole nitrogens is 1. The highest BCUT2D eigenvalue weighted by atomic mass is 16.1. The van der Waals surface area contributed by atoms with Crippen LogP contribution in [0.5, 0.6) is 0 Å². The highest BCUT2D eigenvalue weighted by Gasteiger charge is 2.12. The number of aromatic nitrogens is 2. The van der Waals surface area contributed by atoms with Gasteiger partial charge < -0.3 is 10.6 Å². The van der Waals surface area contributed by atoms with Crippen molar-refractivity contribution >= 4 is 22.5 Å². The second kappa shape index (κ2) is 5.64. The molecule has 0 fully saturated rings. The summed E-state index contributed by atoms with van der Waals surface area (Å²) in [5.74, 6) is -0.0243. The number of amides is 1. The van der Waals surface area contributed by atoms with E-state index in [0.717, 1.165) is 23.1 Å². The summed E-state index contributed by atoms with van der Waals surface area (Å²) < 4.78 is 0. The van der Waals surface area contributed by atoms with Gasteiger partial charge in [0.1, 0.15) is 0 Å². The van der Waals surface area contributed by atoms with Gasteiger partial charge in [0, 0.05) is 23.5 Å². The minimum atomic E-state index is -0.0509. The SMILES string of the molecule is CCNCC(C)C(=O)Nc1ccc2[nH]ncc2c1. The molecule has 2 rings (SSSR count). The zero-order chi connectivity index (χ0) is 13.0. The van der Waals surface area contributed by atoms with Crippen LogP contribution in [0.2, 0.25) is 0 Å². The van der Waals surface area contributed by atoms with Crippen molar-refractivity contribution in [2.24, 2.45) is 5.92 Å². The molecule has 0 aliphatic carbocycles. The summed E-state index contributed by atoms with van der Waals surface area (Å²) in [6, 6.07) is 5.70. The van der Waals surface area contributed by atoms with Crippen LogP contribution in [-0.4, -0.2) is 29.2 Å². The Morgan fingerprint density at radius 3 is 3.11 bits per heavy atom. The van der Waals surface area contributed by atoms with Gasteiger partial charge in [-0.15, -0.1) is 0 Å². The molecule has 1 amide bonds. The molecule has 5 nitrogen and oxygen atoms in total. The molecule has 0 aliphatic rings. The van der Waals surface area contributed by atoms with E-state index in [1.165, 1.54) is 0 Å². The molecule has 3 N–H and O–H groups in total. The van der Waals surface area contributed by atoms with Crippen LogP contribution in [-0.2, 0) is 4.79 Å². The summed E-state index contributed by atoms with van der Waals surface area (Å²) in [4.78, 5) is 11.9. The van der Waals surface area contributed by atoms with Gasteiger partial charge in [-0.25, -0.2) is 0 Å². The molecule has 0 saturated carbocycles. The molecule has 1 aromatic heterocycles. The second-order valence-electron chi connectivity index (χ2n) is 4.37. The molecule has 18 heavy (non-hydrogen) atoms. The van der Waals surface area contributed by atoms with E-state index in [0.29, 0.717) is 6.54 Å². The van der Waals surface area contributed by atoms with Gasteiger partial charge in [-0.05, 0) is 24.7 Å². The molecule has 0 bridgehead atoms. The van der Waals surface area contributed by atoms with Gasteiger partial charge in [0.2, 0.25) is 5.91 Å². The number of carbonyl (C=O) groups is 1. The number of hydrogen-bond donors (Lipinski definition) is 3. The van der Waals surface area contributed by atoms with Gasteiger partial charge in [0.05, 0.1) is 11.7 Å². The average molecular weight is 246 g/mol. The molecule has 0 spiro atoms. The predicted octanol–water partition coefficient (Wildman–Crippen LogP) is 1.75. The molecule has 1 aromatic carbocycles. The summed E-state index contributed by atoms with van der Waals surface area (Å²) >= 11 is 0. The second-order valence-corrected chi connectivity index (χ2v) is 4.37. The Balaban J connectivity index is 2.01. The zero-order valence-corrected chi connectivity index (χ0v) is 10.7. The first-order valence-electron chi connectivity index (χ1n) is 6.15. The van der Waals surface area contributed by atoms with Gasteiger partial charge >= 0.3 is 0 Å². The minimum Gasteiger partial charge on any atom is -0.326 e. The Labute approximate surface area is 106 Å². The first-order valence-corrected chi connectivity index (χ1v) is 6.15. The number of benzene rings is 1. The fraction of sp³-hybridized carbons (Fsp3) is 0.385. The highest BCUT2D eigenvalue weighted by molar-refractivity contribution is 5.94. The largest absolute Gasteiger partial charge is 0.326 e. The molecule has 0 saturated heterocycles. The quantitative estimate of drug-likeness (QED) is 0.752. The fourth-order valence-corrected chi connectivity index (χ4v) is 1.74. The summed E-state index contributed by atoms with van der Waals surface area (Å²) in [5, 5.41) is 13.9. The Bertz CT molecular complexity index is 535. The van der Waals surface area contributed by atoms with Crippen molar-refractivity contribution in [1.29, 1.82) is 0 Å². The molecule has 0 aliphatic heterocycles. The lowest BCUT2D eigenvalue weighted by atomic mass is 10.1. The summed E-state index contributed by atoms with van der Waals surface area (Å²) in [6.07, 6.45) is 1.74. The van der Waals surface area contributed by atoms with Crippen LogP contribution >= 0.6 is 0 Å². The Hall–Kier alpha value is -1.88. The number of aromatic amines is 1. The zero-order valence-electron chi connectivity index (χ0n) is 10.7. The molecule has 1 unspecified atom stereocenters. The van der Waals surface area contributed by atoms with Crippen LogP contribution in [0.4, 0.5) is 5.69 Å². The summed E-state index contributed by atoms with van der Waals surface area (Å²) in [7, 11) is 0. The number of carbonyl (C=O) groups excluding carboxylic acids is 1. The van der Waals surface area contributed by atoms with Gasteiger partial charge in [0.15, 0.2) is 0 Å². The molecule has 96 valence electrons. The molecule has 0 radical (unpaired) electrons. The van der Waals surface area contributed by atoms with Crippen molar-refractivity contribution in [2.75, 3.05) is 18.4 Å². The number of fused-ring (bicyclic) bond motifs is 1. The normalized spacial score (nSPS) is 12.6. The van der Waals surface area contributed by atoms with Crippen LogP contribution in [0.25, 0.3) is 10.9 Å². The van der Waals surface area contributed by atoms with E-state index in [1.54, 1.807) is 6.20 Å². The third-order valence-electron chi connectivity index (χ3n) is 2.86. The lowest BCUT2D eigenvalue weighted by Gasteiger charge is -2.12. The molecule has 2 aromatic rings. The molecule has 1 atom stereocenters. The standard InChI is InChI=1S/C13H18N4O/c1-3-14-7-9(2)13(18)16-11-4-5-12-10(6-11)8-15-17-12/h4-6,8-9,14H,3,7H2,1-2H3,(H,15,17)(H,16,18).